The highest BCUT2D eigenvalue weighted by Gasteiger charge is 2.31. The number of aromatic nitrogens is 2. The van der Waals surface area contributed by atoms with Gasteiger partial charge in [-0.15, -0.1) is 0 Å². The van der Waals surface area contributed by atoms with Crippen LogP contribution in [0, 0.1) is 0 Å². The molecular formula is C11H19N3O4S. The Balaban J connectivity index is 3.16. The van der Waals surface area contributed by atoms with Crippen LogP contribution in [0.4, 0.5) is 0 Å². The Morgan fingerprint density at radius 3 is 2.68 bits per heavy atom. The fourth-order valence-corrected chi connectivity index (χ4v) is 2.96. The lowest BCUT2D eigenvalue weighted by Gasteiger charge is -2.22. The molecule has 1 rings (SSSR count). The third-order valence-electron chi connectivity index (χ3n) is 2.95. The summed E-state index contributed by atoms with van der Waals surface area (Å²) in [6, 6.07) is -0.177. The zero-order valence-corrected chi connectivity index (χ0v) is 12.3. The highest BCUT2D eigenvalue weighted by atomic mass is 32.2. The number of hydrogen-bond donors (Lipinski definition) is 1. The first-order valence-electron chi connectivity index (χ1n) is 6.04. The number of carbonyl (C=O) groups is 1. The van der Waals surface area contributed by atoms with Crippen molar-refractivity contribution < 1.29 is 17.9 Å². The predicted molar refractivity (Wildman–Crippen MR) is 69.2 cm³/mol. The average molecular weight is 289 g/mol. The maximum Gasteiger partial charge on any atom is 0.342 e. The highest BCUT2D eigenvalue weighted by Crippen LogP contribution is 2.19. The Morgan fingerprint density at radius 2 is 2.16 bits per heavy atom. The molecule has 19 heavy (non-hydrogen) atoms. The van der Waals surface area contributed by atoms with Crippen molar-refractivity contribution in [2.75, 3.05) is 13.7 Å². The minimum Gasteiger partial charge on any atom is -0.462 e. The van der Waals surface area contributed by atoms with E-state index in [9.17, 15) is 13.2 Å². The van der Waals surface area contributed by atoms with Crippen LogP contribution in [-0.4, -0.2) is 48.6 Å². The van der Waals surface area contributed by atoms with E-state index in [-0.39, 0.29) is 23.2 Å². The van der Waals surface area contributed by atoms with Crippen molar-refractivity contribution in [2.24, 2.45) is 0 Å². The molecule has 1 aromatic rings. The van der Waals surface area contributed by atoms with Gasteiger partial charge in [0.05, 0.1) is 12.8 Å². The molecule has 0 bridgehead atoms. The molecule has 0 fully saturated rings. The van der Waals surface area contributed by atoms with E-state index in [1.165, 1.54) is 11.4 Å². The van der Waals surface area contributed by atoms with Crippen LogP contribution in [-0.2, 0) is 14.8 Å². The Hall–Kier alpha value is -1.41. The average Bonchev–Trinajstić information content (AvgIpc) is 2.87. The third-order valence-corrected chi connectivity index (χ3v) is 4.89. The highest BCUT2D eigenvalue weighted by molar-refractivity contribution is 7.89. The van der Waals surface area contributed by atoms with Crippen LogP contribution >= 0.6 is 0 Å². The zero-order valence-electron chi connectivity index (χ0n) is 11.5. The molecule has 0 aromatic carbocycles. The van der Waals surface area contributed by atoms with Crippen LogP contribution in [0.3, 0.4) is 0 Å². The van der Waals surface area contributed by atoms with E-state index in [0.29, 0.717) is 6.42 Å². The molecule has 0 saturated carbocycles. The molecule has 1 heterocycles. The van der Waals surface area contributed by atoms with Gasteiger partial charge in [-0.1, -0.05) is 6.92 Å². The maximum absolute atomic E-state index is 12.4. The molecule has 0 radical (unpaired) electrons. The van der Waals surface area contributed by atoms with Gasteiger partial charge < -0.3 is 4.74 Å². The zero-order chi connectivity index (χ0) is 14.6. The summed E-state index contributed by atoms with van der Waals surface area (Å²) in [6.07, 6.45) is 1.83. The van der Waals surface area contributed by atoms with Gasteiger partial charge in [-0.2, -0.15) is 9.40 Å². The van der Waals surface area contributed by atoms with Gasteiger partial charge in [-0.25, -0.2) is 13.2 Å². The van der Waals surface area contributed by atoms with Crippen molar-refractivity contribution in [3.8, 4) is 0 Å². The Kier molecular flexibility index (Phi) is 5.07. The Bertz CT molecular complexity index is 538. The first kappa shape index (κ1) is 15.6. The molecule has 1 N–H and O–H groups in total. The number of aromatic amines is 1. The SMILES string of the molecule is CCOC(=O)c1cn[nH]c1S(=O)(=O)N(C)C(C)CC. The number of nitrogens with zero attached hydrogens (tertiary/aromatic N) is 2. The molecular weight excluding hydrogens is 270 g/mol. The van der Waals surface area contributed by atoms with Crippen LogP contribution < -0.4 is 0 Å². The number of rotatable bonds is 6. The van der Waals surface area contributed by atoms with Crippen LogP contribution in [0.2, 0.25) is 0 Å². The molecule has 8 heteroatoms. The van der Waals surface area contributed by atoms with Gasteiger partial charge in [-0.05, 0) is 20.3 Å². The first-order chi connectivity index (χ1) is 8.86. The predicted octanol–water partition coefficient (Wildman–Crippen LogP) is 1.01. The summed E-state index contributed by atoms with van der Waals surface area (Å²) in [5.74, 6) is -0.702. The monoisotopic (exact) mass is 289 g/mol. The molecule has 7 nitrogen and oxygen atoms in total. The molecule has 1 unspecified atom stereocenters. The van der Waals surface area contributed by atoms with E-state index in [0.717, 1.165) is 6.20 Å². The molecule has 0 aliphatic carbocycles. The number of H-pyrrole nitrogens is 1. The lowest BCUT2D eigenvalue weighted by atomic mass is 10.3. The quantitative estimate of drug-likeness (QED) is 0.789. The van der Waals surface area contributed by atoms with E-state index >= 15 is 0 Å². The van der Waals surface area contributed by atoms with Crippen LogP contribution in [0.25, 0.3) is 0 Å². The normalized spacial score (nSPS) is 13.5. The van der Waals surface area contributed by atoms with Gasteiger partial charge in [0.1, 0.15) is 5.56 Å². The summed E-state index contributed by atoms with van der Waals surface area (Å²) >= 11 is 0. The van der Waals surface area contributed by atoms with Crippen LogP contribution in [0.5, 0.6) is 0 Å². The molecule has 1 atom stereocenters. The summed E-state index contributed by atoms with van der Waals surface area (Å²) in [5, 5.41) is 5.76. The number of ether oxygens (including phenoxy) is 1. The molecule has 0 spiro atoms. The Labute approximate surface area is 113 Å². The van der Waals surface area contributed by atoms with Crippen molar-refractivity contribution in [1.29, 1.82) is 0 Å². The van der Waals surface area contributed by atoms with E-state index in [1.807, 2.05) is 6.92 Å². The summed E-state index contributed by atoms with van der Waals surface area (Å²) in [5.41, 5.74) is -0.0722. The van der Waals surface area contributed by atoms with Crippen molar-refractivity contribution in [3.63, 3.8) is 0 Å². The number of carbonyl (C=O) groups excluding carboxylic acids is 1. The largest absolute Gasteiger partial charge is 0.462 e. The van der Waals surface area contributed by atoms with Crippen molar-refractivity contribution in [2.45, 2.75) is 38.3 Å². The summed E-state index contributed by atoms with van der Waals surface area (Å²) < 4.78 is 30.8. The lowest BCUT2D eigenvalue weighted by Crippen LogP contribution is -2.35. The Morgan fingerprint density at radius 1 is 1.53 bits per heavy atom. The van der Waals surface area contributed by atoms with E-state index < -0.39 is 16.0 Å². The molecule has 0 amide bonds. The van der Waals surface area contributed by atoms with Gasteiger partial charge in [0.2, 0.25) is 0 Å². The first-order valence-corrected chi connectivity index (χ1v) is 7.48. The minimum absolute atomic E-state index is 0.0722. The van der Waals surface area contributed by atoms with Gasteiger partial charge >= 0.3 is 5.97 Å². The number of nitrogens with one attached hydrogen (secondary N) is 1. The summed E-state index contributed by atoms with van der Waals surface area (Å²) in [4.78, 5) is 11.7. The maximum atomic E-state index is 12.4. The summed E-state index contributed by atoms with van der Waals surface area (Å²) in [6.45, 7) is 5.50. The summed E-state index contributed by atoms with van der Waals surface area (Å²) in [7, 11) is -2.32. The topological polar surface area (TPSA) is 92.4 Å². The van der Waals surface area contributed by atoms with E-state index in [1.54, 1.807) is 13.8 Å². The molecule has 0 saturated heterocycles. The fourth-order valence-electron chi connectivity index (χ4n) is 1.46. The van der Waals surface area contributed by atoms with Gasteiger partial charge in [0.15, 0.2) is 5.03 Å². The van der Waals surface area contributed by atoms with Crippen molar-refractivity contribution in [1.82, 2.24) is 14.5 Å². The van der Waals surface area contributed by atoms with Crippen LogP contribution in [0.1, 0.15) is 37.6 Å². The molecule has 108 valence electrons. The van der Waals surface area contributed by atoms with Crippen LogP contribution in [0.15, 0.2) is 11.2 Å². The number of hydrogen-bond acceptors (Lipinski definition) is 5. The van der Waals surface area contributed by atoms with Gasteiger partial charge in [0.25, 0.3) is 10.0 Å². The van der Waals surface area contributed by atoms with E-state index in [4.69, 9.17) is 4.74 Å². The number of sulfonamides is 1. The molecule has 0 aliphatic rings. The van der Waals surface area contributed by atoms with Gasteiger partial charge in [0, 0.05) is 13.1 Å². The lowest BCUT2D eigenvalue weighted by molar-refractivity contribution is 0.0521. The van der Waals surface area contributed by atoms with Crippen molar-refractivity contribution >= 4 is 16.0 Å². The second-order valence-corrected chi connectivity index (χ2v) is 6.05. The smallest absolute Gasteiger partial charge is 0.342 e. The van der Waals surface area contributed by atoms with Gasteiger partial charge in [-0.3, -0.25) is 5.10 Å². The second kappa shape index (κ2) is 6.16. The standard InChI is InChI=1S/C11H19N3O4S/c1-5-8(3)14(4)19(16,17)10-9(7-12-13-10)11(15)18-6-2/h7-8H,5-6H2,1-4H3,(H,12,13). The minimum atomic E-state index is -3.79. The second-order valence-electron chi connectivity index (χ2n) is 4.11. The van der Waals surface area contributed by atoms with E-state index in [2.05, 4.69) is 10.2 Å². The fraction of sp³-hybridized carbons (Fsp3) is 0.636. The molecule has 1 aromatic heterocycles. The number of esters is 1. The molecule has 0 aliphatic heterocycles. The third kappa shape index (κ3) is 3.13. The van der Waals surface area contributed by atoms with Crippen molar-refractivity contribution in [3.05, 3.63) is 11.8 Å².